The standard InChI is InChI=1S/C27H34N2O3/c1-2-25(22-10-4-3-5-11-22)27(31)29-18-8-9-21(19-29)20-32-24-14-12-23(13-15-24)26(30)28-16-6-7-17-28/h3-5,10-15,21,25H,2,6-9,16-20H2,1H3/t21-,25+/m0/s1. The van der Waals surface area contributed by atoms with Crippen LogP contribution in [0.1, 0.15) is 60.9 Å². The van der Waals surface area contributed by atoms with Crippen LogP contribution in [0.5, 0.6) is 5.75 Å². The molecule has 2 amide bonds. The maximum atomic E-state index is 13.2. The van der Waals surface area contributed by atoms with Gasteiger partial charge in [-0.2, -0.15) is 0 Å². The van der Waals surface area contributed by atoms with Crippen LogP contribution in [0.2, 0.25) is 0 Å². The zero-order valence-electron chi connectivity index (χ0n) is 19.0. The summed E-state index contributed by atoms with van der Waals surface area (Å²) in [5.74, 6) is 1.37. The number of hydrogen-bond donors (Lipinski definition) is 0. The van der Waals surface area contributed by atoms with Crippen molar-refractivity contribution in [3.63, 3.8) is 0 Å². The molecule has 2 aliphatic heterocycles. The Hall–Kier alpha value is -2.82. The molecule has 0 N–H and O–H groups in total. The van der Waals surface area contributed by atoms with E-state index in [1.165, 1.54) is 0 Å². The Kier molecular flexibility index (Phi) is 7.46. The molecule has 5 heteroatoms. The highest BCUT2D eigenvalue weighted by atomic mass is 16.5. The first kappa shape index (κ1) is 22.4. The summed E-state index contributed by atoms with van der Waals surface area (Å²) in [5, 5.41) is 0. The second-order valence-corrected chi connectivity index (χ2v) is 9.00. The first-order valence-electron chi connectivity index (χ1n) is 12.0. The predicted molar refractivity (Wildman–Crippen MR) is 126 cm³/mol. The first-order valence-corrected chi connectivity index (χ1v) is 12.0. The lowest BCUT2D eigenvalue weighted by atomic mass is 9.92. The molecule has 2 heterocycles. The maximum absolute atomic E-state index is 13.2. The number of carbonyl (C=O) groups excluding carboxylic acids is 2. The molecule has 32 heavy (non-hydrogen) atoms. The van der Waals surface area contributed by atoms with Crippen LogP contribution in [0.15, 0.2) is 54.6 Å². The molecule has 2 fully saturated rings. The highest BCUT2D eigenvalue weighted by Gasteiger charge is 2.29. The summed E-state index contributed by atoms with van der Waals surface area (Å²) >= 11 is 0. The van der Waals surface area contributed by atoms with E-state index in [9.17, 15) is 9.59 Å². The van der Waals surface area contributed by atoms with Gasteiger partial charge in [0.15, 0.2) is 0 Å². The van der Waals surface area contributed by atoms with Gasteiger partial charge in [0.25, 0.3) is 5.91 Å². The Morgan fingerprint density at radius 3 is 2.31 bits per heavy atom. The zero-order valence-corrected chi connectivity index (χ0v) is 19.0. The molecule has 0 spiro atoms. The van der Waals surface area contributed by atoms with Crippen molar-refractivity contribution in [1.82, 2.24) is 9.80 Å². The minimum Gasteiger partial charge on any atom is -0.493 e. The molecule has 2 aliphatic rings. The summed E-state index contributed by atoms with van der Waals surface area (Å²) in [7, 11) is 0. The Balaban J connectivity index is 1.30. The van der Waals surface area contributed by atoms with Gasteiger partial charge in [-0.15, -0.1) is 0 Å². The van der Waals surface area contributed by atoms with Crippen LogP contribution in [-0.4, -0.2) is 54.4 Å². The van der Waals surface area contributed by atoms with Gasteiger partial charge in [0.2, 0.25) is 5.91 Å². The quantitative estimate of drug-likeness (QED) is 0.633. The Bertz CT molecular complexity index is 891. The molecule has 0 unspecified atom stereocenters. The van der Waals surface area contributed by atoms with Crippen molar-refractivity contribution in [3.8, 4) is 5.75 Å². The first-order chi connectivity index (χ1) is 15.7. The summed E-state index contributed by atoms with van der Waals surface area (Å²) < 4.78 is 6.04. The summed E-state index contributed by atoms with van der Waals surface area (Å²) in [4.78, 5) is 29.6. The zero-order chi connectivity index (χ0) is 22.3. The molecule has 0 bridgehead atoms. The van der Waals surface area contributed by atoms with Gasteiger partial charge in [-0.05, 0) is 61.9 Å². The van der Waals surface area contributed by atoms with Gasteiger partial charge in [-0.3, -0.25) is 9.59 Å². The normalized spacial score (nSPS) is 19.6. The van der Waals surface area contributed by atoms with Gasteiger partial charge >= 0.3 is 0 Å². The van der Waals surface area contributed by atoms with Crippen LogP contribution in [0.25, 0.3) is 0 Å². The van der Waals surface area contributed by atoms with Gasteiger partial charge in [-0.1, -0.05) is 37.3 Å². The van der Waals surface area contributed by atoms with Gasteiger partial charge in [0.05, 0.1) is 12.5 Å². The van der Waals surface area contributed by atoms with E-state index in [0.717, 1.165) is 75.2 Å². The number of ether oxygens (including phenoxy) is 1. The van der Waals surface area contributed by atoms with Gasteiger partial charge < -0.3 is 14.5 Å². The number of hydrogen-bond acceptors (Lipinski definition) is 3. The van der Waals surface area contributed by atoms with Crippen molar-refractivity contribution in [2.45, 2.75) is 44.9 Å². The van der Waals surface area contributed by atoms with Crippen LogP contribution in [0, 0.1) is 5.92 Å². The van der Waals surface area contributed by atoms with E-state index in [1.54, 1.807) is 0 Å². The van der Waals surface area contributed by atoms with E-state index in [-0.39, 0.29) is 17.7 Å². The lowest BCUT2D eigenvalue weighted by Gasteiger charge is -2.35. The van der Waals surface area contributed by atoms with E-state index >= 15 is 0 Å². The fourth-order valence-electron chi connectivity index (χ4n) is 4.87. The van der Waals surface area contributed by atoms with Crippen molar-refractivity contribution in [2.75, 3.05) is 32.8 Å². The number of carbonyl (C=O) groups is 2. The number of amides is 2. The fraction of sp³-hybridized carbons (Fsp3) is 0.481. The average molecular weight is 435 g/mol. The minimum atomic E-state index is -0.0726. The second kappa shape index (κ2) is 10.7. The van der Waals surface area contributed by atoms with E-state index in [4.69, 9.17) is 4.74 Å². The lowest BCUT2D eigenvalue weighted by molar-refractivity contribution is -0.135. The smallest absolute Gasteiger partial charge is 0.253 e. The third-order valence-electron chi connectivity index (χ3n) is 6.72. The molecular weight excluding hydrogens is 400 g/mol. The van der Waals surface area contributed by atoms with Crippen LogP contribution in [-0.2, 0) is 4.79 Å². The Labute approximate surface area is 191 Å². The molecule has 4 rings (SSSR count). The topological polar surface area (TPSA) is 49.9 Å². The molecule has 0 radical (unpaired) electrons. The van der Waals surface area contributed by atoms with Crippen LogP contribution >= 0.6 is 0 Å². The third-order valence-corrected chi connectivity index (χ3v) is 6.72. The van der Waals surface area contributed by atoms with Gasteiger partial charge in [0.1, 0.15) is 5.75 Å². The summed E-state index contributed by atoms with van der Waals surface area (Å²) in [5.41, 5.74) is 1.82. The number of benzene rings is 2. The highest BCUT2D eigenvalue weighted by molar-refractivity contribution is 5.94. The number of likely N-dealkylation sites (tertiary alicyclic amines) is 2. The number of rotatable bonds is 7. The van der Waals surface area contributed by atoms with Crippen molar-refractivity contribution >= 4 is 11.8 Å². The fourth-order valence-corrected chi connectivity index (χ4v) is 4.87. The third kappa shape index (κ3) is 5.32. The monoisotopic (exact) mass is 434 g/mol. The molecule has 170 valence electrons. The molecule has 0 aromatic heterocycles. The van der Waals surface area contributed by atoms with E-state index in [2.05, 4.69) is 19.1 Å². The molecule has 5 nitrogen and oxygen atoms in total. The second-order valence-electron chi connectivity index (χ2n) is 9.00. The van der Waals surface area contributed by atoms with Crippen LogP contribution in [0.4, 0.5) is 0 Å². The number of piperidine rings is 1. The van der Waals surface area contributed by atoms with Crippen LogP contribution in [0.3, 0.4) is 0 Å². The Morgan fingerprint density at radius 1 is 0.938 bits per heavy atom. The minimum absolute atomic E-state index is 0.0726. The van der Waals surface area contributed by atoms with E-state index < -0.39 is 0 Å². The van der Waals surface area contributed by atoms with Gasteiger partial charge in [0, 0.05) is 37.7 Å². The molecule has 2 aromatic carbocycles. The van der Waals surface area contributed by atoms with E-state index in [1.807, 2.05) is 52.3 Å². The lowest BCUT2D eigenvalue weighted by Crippen LogP contribution is -2.43. The average Bonchev–Trinajstić information content (AvgIpc) is 3.39. The largest absolute Gasteiger partial charge is 0.493 e. The Morgan fingerprint density at radius 2 is 1.62 bits per heavy atom. The van der Waals surface area contributed by atoms with Crippen molar-refractivity contribution in [2.24, 2.45) is 5.92 Å². The van der Waals surface area contributed by atoms with Crippen LogP contribution < -0.4 is 4.74 Å². The van der Waals surface area contributed by atoms with Crippen molar-refractivity contribution in [3.05, 3.63) is 65.7 Å². The molecular formula is C27H34N2O3. The summed E-state index contributed by atoms with van der Waals surface area (Å²) in [6, 6.07) is 17.6. The molecule has 2 atom stereocenters. The predicted octanol–water partition coefficient (Wildman–Crippen LogP) is 4.73. The molecule has 2 saturated heterocycles. The molecule has 0 aliphatic carbocycles. The van der Waals surface area contributed by atoms with E-state index in [0.29, 0.717) is 12.5 Å². The molecule has 2 aromatic rings. The highest BCUT2D eigenvalue weighted by Crippen LogP contribution is 2.26. The van der Waals surface area contributed by atoms with Crippen molar-refractivity contribution in [1.29, 1.82) is 0 Å². The molecule has 0 saturated carbocycles. The van der Waals surface area contributed by atoms with Crippen molar-refractivity contribution < 1.29 is 14.3 Å². The summed E-state index contributed by atoms with van der Waals surface area (Å²) in [6.07, 6.45) is 5.07. The maximum Gasteiger partial charge on any atom is 0.253 e. The summed E-state index contributed by atoms with van der Waals surface area (Å²) in [6.45, 7) is 5.96. The van der Waals surface area contributed by atoms with Gasteiger partial charge in [-0.25, -0.2) is 0 Å². The SMILES string of the molecule is CC[C@@H](C(=O)N1CCC[C@H](COc2ccc(C(=O)N3CCCC3)cc2)C1)c1ccccc1. The number of nitrogens with zero attached hydrogens (tertiary/aromatic N) is 2.